The molecule has 0 aliphatic carbocycles. The lowest BCUT2D eigenvalue weighted by Gasteiger charge is -2.17. The van der Waals surface area contributed by atoms with Crippen molar-refractivity contribution < 1.29 is 14.1 Å². The number of nitrogens with zero attached hydrogens (tertiary/aromatic N) is 1. The molecule has 0 saturated heterocycles. The fourth-order valence-corrected chi connectivity index (χ4v) is 2.36. The van der Waals surface area contributed by atoms with Gasteiger partial charge in [-0.1, -0.05) is 5.16 Å². The Balaban J connectivity index is 1.77. The molecular weight excluding hydrogens is 256 g/mol. The van der Waals surface area contributed by atoms with Crippen LogP contribution in [0.15, 0.2) is 22.7 Å². The summed E-state index contributed by atoms with van der Waals surface area (Å²) in [5, 5.41) is 6.73. The first-order valence-corrected chi connectivity index (χ1v) is 6.61. The number of aryl methyl sites for hydroxylation is 2. The molecule has 1 aliphatic rings. The minimum absolute atomic E-state index is 0.0106. The smallest absolute Gasteiger partial charge is 0.251 e. The number of fused-ring (bicyclic) bond motifs is 1. The van der Waals surface area contributed by atoms with Gasteiger partial charge in [0.2, 0.25) is 0 Å². The van der Waals surface area contributed by atoms with E-state index in [4.69, 9.17) is 9.26 Å². The standard InChI is InChI=1S/C15H16N2O3/c1-9-14(10(2)20-17-9)8-19-12-3-4-13-11(7-12)5-6-16-15(13)18/h3-4,7H,5-6,8H2,1-2H3,(H,16,18). The summed E-state index contributed by atoms with van der Waals surface area (Å²) in [6.07, 6.45) is 0.837. The zero-order valence-corrected chi connectivity index (χ0v) is 11.5. The van der Waals surface area contributed by atoms with Crippen LogP contribution in [-0.2, 0) is 13.0 Å². The molecule has 1 aliphatic heterocycles. The summed E-state index contributed by atoms with van der Waals surface area (Å²) in [6.45, 7) is 4.87. The molecular formula is C15H16N2O3. The fraction of sp³-hybridized carbons (Fsp3) is 0.333. The number of carbonyl (C=O) groups excluding carboxylic acids is 1. The van der Waals surface area contributed by atoms with Gasteiger partial charge in [0.05, 0.1) is 11.3 Å². The van der Waals surface area contributed by atoms with Crippen molar-refractivity contribution in [3.8, 4) is 5.75 Å². The Kier molecular flexibility index (Phi) is 3.18. The van der Waals surface area contributed by atoms with Crippen molar-refractivity contribution in [2.75, 3.05) is 6.54 Å². The third-order valence-corrected chi connectivity index (χ3v) is 3.57. The van der Waals surface area contributed by atoms with Gasteiger partial charge in [0.1, 0.15) is 18.1 Å². The highest BCUT2D eigenvalue weighted by molar-refractivity contribution is 5.96. The van der Waals surface area contributed by atoms with Gasteiger partial charge in [0.25, 0.3) is 5.91 Å². The molecule has 0 spiro atoms. The molecule has 0 unspecified atom stereocenters. The molecule has 1 amide bonds. The molecule has 5 heteroatoms. The van der Waals surface area contributed by atoms with Crippen molar-refractivity contribution in [3.63, 3.8) is 0 Å². The van der Waals surface area contributed by atoms with Gasteiger partial charge >= 0.3 is 0 Å². The maximum absolute atomic E-state index is 11.7. The van der Waals surface area contributed by atoms with Crippen molar-refractivity contribution in [3.05, 3.63) is 46.3 Å². The van der Waals surface area contributed by atoms with Gasteiger partial charge in [-0.15, -0.1) is 0 Å². The minimum atomic E-state index is -0.0106. The Bertz CT molecular complexity index is 642. The molecule has 5 nitrogen and oxygen atoms in total. The molecule has 0 radical (unpaired) electrons. The number of hydrogen-bond donors (Lipinski definition) is 1. The minimum Gasteiger partial charge on any atom is -0.489 e. The molecule has 2 heterocycles. The van der Waals surface area contributed by atoms with Crippen LogP contribution in [-0.4, -0.2) is 17.6 Å². The van der Waals surface area contributed by atoms with E-state index in [0.29, 0.717) is 13.2 Å². The van der Waals surface area contributed by atoms with Crippen molar-refractivity contribution >= 4 is 5.91 Å². The zero-order valence-electron chi connectivity index (χ0n) is 11.5. The van der Waals surface area contributed by atoms with Gasteiger partial charge in [-0.05, 0) is 44.0 Å². The number of hydrogen-bond acceptors (Lipinski definition) is 4. The van der Waals surface area contributed by atoms with E-state index >= 15 is 0 Å². The van der Waals surface area contributed by atoms with Crippen LogP contribution < -0.4 is 10.1 Å². The van der Waals surface area contributed by atoms with Gasteiger partial charge in [0.15, 0.2) is 0 Å². The van der Waals surface area contributed by atoms with Crippen LogP contribution in [0, 0.1) is 13.8 Å². The third kappa shape index (κ3) is 2.27. The Hall–Kier alpha value is -2.30. The van der Waals surface area contributed by atoms with Crippen LogP contribution in [0.4, 0.5) is 0 Å². The van der Waals surface area contributed by atoms with Crippen molar-refractivity contribution in [2.24, 2.45) is 0 Å². The summed E-state index contributed by atoms with van der Waals surface area (Å²) in [5.74, 6) is 1.53. The summed E-state index contributed by atoms with van der Waals surface area (Å²) in [4.78, 5) is 11.7. The molecule has 2 aromatic rings. The van der Waals surface area contributed by atoms with Crippen LogP contribution in [0.2, 0.25) is 0 Å². The third-order valence-electron chi connectivity index (χ3n) is 3.57. The van der Waals surface area contributed by atoms with Crippen LogP contribution in [0.1, 0.15) is 32.9 Å². The number of carbonyl (C=O) groups is 1. The van der Waals surface area contributed by atoms with E-state index in [2.05, 4.69) is 10.5 Å². The molecule has 1 aromatic heterocycles. The van der Waals surface area contributed by atoms with Crippen LogP contribution in [0.5, 0.6) is 5.75 Å². The molecule has 1 N–H and O–H groups in total. The molecule has 0 saturated carbocycles. The first kappa shape index (κ1) is 12.7. The summed E-state index contributed by atoms with van der Waals surface area (Å²) in [7, 11) is 0. The average Bonchev–Trinajstić information content (AvgIpc) is 2.76. The monoisotopic (exact) mass is 272 g/mol. The number of rotatable bonds is 3. The van der Waals surface area contributed by atoms with Crippen molar-refractivity contribution in [1.29, 1.82) is 0 Å². The van der Waals surface area contributed by atoms with E-state index in [1.165, 1.54) is 0 Å². The molecule has 0 atom stereocenters. The van der Waals surface area contributed by atoms with E-state index in [1.807, 2.05) is 32.0 Å². The highest BCUT2D eigenvalue weighted by Gasteiger charge is 2.17. The lowest BCUT2D eigenvalue weighted by Crippen LogP contribution is -2.31. The van der Waals surface area contributed by atoms with Gasteiger partial charge in [-0.25, -0.2) is 0 Å². The number of benzene rings is 1. The van der Waals surface area contributed by atoms with Gasteiger partial charge in [-0.2, -0.15) is 0 Å². The second-order valence-electron chi connectivity index (χ2n) is 4.92. The molecule has 104 valence electrons. The lowest BCUT2D eigenvalue weighted by atomic mass is 10.0. The van der Waals surface area contributed by atoms with Crippen LogP contribution >= 0.6 is 0 Å². The molecule has 1 aromatic carbocycles. The Morgan fingerprint density at radius 3 is 3.00 bits per heavy atom. The summed E-state index contributed by atoms with van der Waals surface area (Å²) in [5.41, 5.74) is 3.59. The molecule has 0 bridgehead atoms. The summed E-state index contributed by atoms with van der Waals surface area (Å²) < 4.78 is 10.9. The first-order valence-electron chi connectivity index (χ1n) is 6.61. The highest BCUT2D eigenvalue weighted by atomic mass is 16.5. The number of nitrogens with one attached hydrogen (secondary N) is 1. The molecule has 20 heavy (non-hydrogen) atoms. The van der Waals surface area contributed by atoms with E-state index in [-0.39, 0.29) is 5.91 Å². The van der Waals surface area contributed by atoms with Gasteiger partial charge < -0.3 is 14.6 Å². The highest BCUT2D eigenvalue weighted by Crippen LogP contribution is 2.22. The lowest BCUT2D eigenvalue weighted by molar-refractivity contribution is 0.0946. The van der Waals surface area contributed by atoms with Crippen molar-refractivity contribution in [2.45, 2.75) is 26.9 Å². The predicted molar refractivity (Wildman–Crippen MR) is 72.8 cm³/mol. The largest absolute Gasteiger partial charge is 0.489 e. The summed E-state index contributed by atoms with van der Waals surface area (Å²) in [6, 6.07) is 5.57. The number of ether oxygens (including phenoxy) is 1. The maximum Gasteiger partial charge on any atom is 0.251 e. The van der Waals surface area contributed by atoms with E-state index in [0.717, 1.165) is 40.3 Å². The maximum atomic E-state index is 11.7. The van der Waals surface area contributed by atoms with Crippen LogP contribution in [0.3, 0.4) is 0 Å². The normalized spacial score (nSPS) is 13.8. The molecule has 0 fully saturated rings. The second kappa shape index (κ2) is 5.00. The van der Waals surface area contributed by atoms with E-state index in [1.54, 1.807) is 0 Å². The number of aromatic nitrogens is 1. The van der Waals surface area contributed by atoms with E-state index < -0.39 is 0 Å². The Morgan fingerprint density at radius 1 is 1.40 bits per heavy atom. The predicted octanol–water partition coefficient (Wildman–Crippen LogP) is 2.16. The Morgan fingerprint density at radius 2 is 2.25 bits per heavy atom. The Labute approximate surface area is 116 Å². The summed E-state index contributed by atoms with van der Waals surface area (Å²) >= 11 is 0. The zero-order chi connectivity index (χ0) is 14.1. The van der Waals surface area contributed by atoms with Gasteiger partial charge in [0, 0.05) is 12.1 Å². The SMILES string of the molecule is Cc1noc(C)c1COc1ccc2c(c1)CCNC2=O. The number of amides is 1. The second-order valence-corrected chi connectivity index (χ2v) is 4.92. The van der Waals surface area contributed by atoms with Crippen LogP contribution in [0.25, 0.3) is 0 Å². The first-order chi connectivity index (χ1) is 9.65. The van der Waals surface area contributed by atoms with E-state index in [9.17, 15) is 4.79 Å². The molecule has 3 rings (SSSR count). The fourth-order valence-electron chi connectivity index (χ4n) is 2.36. The topological polar surface area (TPSA) is 64.4 Å². The quantitative estimate of drug-likeness (QED) is 0.930. The van der Waals surface area contributed by atoms with Crippen molar-refractivity contribution in [1.82, 2.24) is 10.5 Å². The van der Waals surface area contributed by atoms with Gasteiger partial charge in [-0.3, -0.25) is 4.79 Å². The average molecular weight is 272 g/mol.